The molecule has 3 atom stereocenters. The molecule has 0 amide bonds. The van der Waals surface area contributed by atoms with E-state index in [-0.39, 0.29) is 35.2 Å². The van der Waals surface area contributed by atoms with E-state index in [4.69, 9.17) is 10.8 Å². The number of allylic oxidation sites excluding steroid dienone is 5. The van der Waals surface area contributed by atoms with Gasteiger partial charge >= 0.3 is 0 Å². The summed E-state index contributed by atoms with van der Waals surface area (Å²) < 4.78 is 16.8. The zero-order valence-electron chi connectivity index (χ0n) is 16.1. The van der Waals surface area contributed by atoms with Gasteiger partial charge in [-0.1, -0.05) is 5.57 Å². The number of hydrogen-bond donors (Lipinski definition) is 3. The second-order valence-corrected chi connectivity index (χ2v) is 8.08. The van der Waals surface area contributed by atoms with Crippen LogP contribution in [-0.2, 0) is 0 Å². The van der Waals surface area contributed by atoms with Crippen LogP contribution in [0.1, 0.15) is 18.5 Å². The van der Waals surface area contributed by atoms with Gasteiger partial charge in [0.15, 0.2) is 12.4 Å². The largest absolute Gasteiger partial charge is 0.391 e. The first-order valence-corrected chi connectivity index (χ1v) is 9.74. The molecule has 2 fully saturated rings. The Hall–Kier alpha value is -3.00. The molecule has 29 heavy (non-hydrogen) atoms. The minimum atomic E-state index is -0.373. The van der Waals surface area contributed by atoms with Gasteiger partial charge in [-0.2, -0.15) is 0 Å². The molecular weight excluding hydrogens is 371 g/mol. The fourth-order valence-corrected chi connectivity index (χ4v) is 4.49. The zero-order valence-corrected chi connectivity index (χ0v) is 16.1. The van der Waals surface area contributed by atoms with Crippen molar-refractivity contribution in [3.8, 4) is 0 Å². The Kier molecular flexibility index (Phi) is 4.06. The van der Waals surface area contributed by atoms with Gasteiger partial charge in [0, 0.05) is 24.7 Å². The molecule has 148 valence electrons. The van der Waals surface area contributed by atoms with Crippen LogP contribution in [0, 0.1) is 22.7 Å². The van der Waals surface area contributed by atoms with Crippen LogP contribution in [0.3, 0.4) is 0 Å². The molecule has 0 aromatic carbocycles. The third-order valence-corrected chi connectivity index (χ3v) is 6.01. The summed E-state index contributed by atoms with van der Waals surface area (Å²) >= 11 is 0. The molecule has 0 spiro atoms. The van der Waals surface area contributed by atoms with Gasteiger partial charge in [0.25, 0.3) is 0 Å². The highest BCUT2D eigenvalue weighted by molar-refractivity contribution is 6.32. The molecule has 0 bridgehead atoms. The Morgan fingerprint density at radius 3 is 2.86 bits per heavy atom. The van der Waals surface area contributed by atoms with Gasteiger partial charge in [-0.25, -0.2) is 18.9 Å². The third-order valence-electron chi connectivity index (χ3n) is 6.01. The van der Waals surface area contributed by atoms with Crippen LogP contribution in [0.4, 0.5) is 10.2 Å². The number of aliphatic hydroxyl groups excluding tert-OH is 1. The van der Waals surface area contributed by atoms with E-state index in [0.717, 1.165) is 11.1 Å². The van der Waals surface area contributed by atoms with Gasteiger partial charge in [0.1, 0.15) is 25.0 Å². The molecule has 1 saturated carbocycles. The number of nitrogens with zero attached hydrogens (tertiary/aromatic N) is 4. The minimum Gasteiger partial charge on any atom is -0.391 e. The van der Waals surface area contributed by atoms with E-state index in [1.54, 1.807) is 6.07 Å². The number of aliphatic hydroxyl groups is 1. The maximum absolute atomic E-state index is 14.9. The van der Waals surface area contributed by atoms with E-state index in [9.17, 15) is 9.50 Å². The van der Waals surface area contributed by atoms with E-state index in [1.807, 2.05) is 28.9 Å². The predicted octanol–water partition coefficient (Wildman–Crippen LogP) is 1.85. The van der Waals surface area contributed by atoms with Gasteiger partial charge in [-0.3, -0.25) is 5.41 Å². The number of rotatable bonds is 4. The van der Waals surface area contributed by atoms with E-state index in [1.165, 1.54) is 12.4 Å². The molecule has 2 aliphatic heterocycles. The van der Waals surface area contributed by atoms with Crippen molar-refractivity contribution >= 4 is 23.5 Å². The Labute approximate surface area is 167 Å². The molecule has 8 heteroatoms. The summed E-state index contributed by atoms with van der Waals surface area (Å²) in [6, 6.07) is 1.72. The van der Waals surface area contributed by atoms with Crippen molar-refractivity contribution in [1.29, 1.82) is 10.8 Å². The number of β-amino-alcohol motifs (C(OH)–C–C–N with tert-alkyl or cyclic N) is 1. The predicted molar refractivity (Wildman–Crippen MR) is 108 cm³/mol. The first-order chi connectivity index (χ1) is 13.9. The Morgan fingerprint density at radius 1 is 1.38 bits per heavy atom. The number of fused-ring (bicyclic) bond motifs is 1. The van der Waals surface area contributed by atoms with E-state index >= 15 is 0 Å². The van der Waals surface area contributed by atoms with Gasteiger partial charge in [0.05, 0.1) is 34.7 Å². The van der Waals surface area contributed by atoms with Gasteiger partial charge in [-0.15, -0.1) is 0 Å². The summed E-state index contributed by atoms with van der Waals surface area (Å²) in [5.41, 5.74) is 2.93. The summed E-state index contributed by atoms with van der Waals surface area (Å²) in [5, 5.41) is 26.9. The first kappa shape index (κ1) is 18.1. The molecule has 3 unspecified atom stereocenters. The van der Waals surface area contributed by atoms with Crippen molar-refractivity contribution in [2.45, 2.75) is 18.9 Å². The lowest BCUT2D eigenvalue weighted by Crippen LogP contribution is -2.23. The van der Waals surface area contributed by atoms with Crippen molar-refractivity contribution in [1.82, 2.24) is 9.97 Å². The molecule has 1 saturated heterocycles. The van der Waals surface area contributed by atoms with Crippen LogP contribution in [0.2, 0.25) is 0 Å². The average molecular weight is 393 g/mol. The smallest absolute Gasteiger partial charge is 0.178 e. The summed E-state index contributed by atoms with van der Waals surface area (Å²) in [7, 11) is 1.90. The highest BCUT2D eigenvalue weighted by atomic mass is 19.1. The van der Waals surface area contributed by atoms with Gasteiger partial charge in [-0.05, 0) is 24.8 Å². The molecule has 0 radical (unpaired) electrons. The maximum Gasteiger partial charge on any atom is 0.178 e. The topological polar surface area (TPSA) is 100.0 Å². The zero-order chi connectivity index (χ0) is 20.3. The third kappa shape index (κ3) is 3.04. The summed E-state index contributed by atoms with van der Waals surface area (Å²) in [4.78, 5) is 10.5. The maximum atomic E-state index is 14.9. The first-order valence-electron chi connectivity index (χ1n) is 9.74. The Morgan fingerprint density at radius 2 is 2.17 bits per heavy atom. The monoisotopic (exact) mass is 393 g/mol. The van der Waals surface area contributed by atoms with Crippen molar-refractivity contribution < 1.29 is 14.1 Å². The summed E-state index contributed by atoms with van der Waals surface area (Å²) in [5.74, 6) is -0.0244. The van der Waals surface area contributed by atoms with Crippen molar-refractivity contribution in [2.24, 2.45) is 11.8 Å². The molecular formula is C21H22FN6O+. The van der Waals surface area contributed by atoms with Crippen LogP contribution in [0.25, 0.3) is 0 Å². The Bertz CT molecular complexity index is 1070. The van der Waals surface area contributed by atoms with E-state index in [2.05, 4.69) is 9.97 Å². The molecule has 1 aromatic heterocycles. The molecule has 2 aliphatic carbocycles. The highest BCUT2D eigenvalue weighted by Crippen LogP contribution is 2.53. The molecule has 1 aromatic rings. The second kappa shape index (κ2) is 6.52. The minimum absolute atomic E-state index is 0.00399. The van der Waals surface area contributed by atoms with Crippen molar-refractivity contribution in [3.05, 3.63) is 52.9 Å². The van der Waals surface area contributed by atoms with Crippen LogP contribution in [0.5, 0.6) is 0 Å². The van der Waals surface area contributed by atoms with E-state index in [0.29, 0.717) is 43.0 Å². The second-order valence-electron chi connectivity index (χ2n) is 8.08. The molecule has 4 aliphatic rings. The van der Waals surface area contributed by atoms with Gasteiger partial charge in [0.2, 0.25) is 0 Å². The standard InChI is InChI=1S/C21H22FN6O/c1-27-7-11(8-27)19-13-4-14(13)20(16(23)5-15(19)22)21(24)17-6-18(26-10-25-17)28-3-2-12(29)9-28/h5-8,10,12-13,19,23-24,29H,2-4,9H2,1H3/q+1. The Balaban J connectivity index is 1.46. The fraction of sp³-hybridized carbons (Fsp3) is 0.381. The summed E-state index contributed by atoms with van der Waals surface area (Å²) in [6.45, 7) is 1.21. The lowest BCUT2D eigenvalue weighted by molar-refractivity contribution is -0.429. The van der Waals surface area contributed by atoms with Crippen LogP contribution < -0.4 is 4.90 Å². The molecule has 3 heterocycles. The number of hydrogen-bond acceptors (Lipinski definition) is 6. The lowest BCUT2D eigenvalue weighted by Gasteiger charge is -2.17. The molecule has 3 N–H and O–H groups in total. The van der Waals surface area contributed by atoms with Crippen LogP contribution >= 0.6 is 0 Å². The summed E-state index contributed by atoms with van der Waals surface area (Å²) in [6.07, 6.45) is 7.48. The number of halogens is 1. The quantitative estimate of drug-likeness (QED) is 0.537. The van der Waals surface area contributed by atoms with Gasteiger partial charge < -0.3 is 15.4 Å². The van der Waals surface area contributed by atoms with Crippen molar-refractivity contribution in [2.75, 3.05) is 25.0 Å². The van der Waals surface area contributed by atoms with Crippen molar-refractivity contribution in [3.63, 3.8) is 0 Å². The average Bonchev–Trinajstić information content (AvgIpc) is 3.31. The normalized spacial score (nSPS) is 28.2. The van der Waals surface area contributed by atoms with Crippen LogP contribution in [-0.4, -0.2) is 63.5 Å². The van der Waals surface area contributed by atoms with E-state index < -0.39 is 0 Å². The number of anilines is 1. The van der Waals surface area contributed by atoms with Crippen LogP contribution in [0.15, 0.2) is 47.2 Å². The number of aromatic nitrogens is 2. The highest BCUT2D eigenvalue weighted by Gasteiger charge is 2.48. The fourth-order valence-electron chi connectivity index (χ4n) is 4.49. The molecule has 7 nitrogen and oxygen atoms in total. The SMILES string of the molecule is C[N+]1=CC(C2C(F)=CC(=N)C(C(=N)c3cc(N4CCC(O)C4)ncn3)=C3CC32)=C1. The molecule has 5 rings (SSSR count). The lowest BCUT2D eigenvalue weighted by atomic mass is 9.91. The number of nitrogens with one attached hydrogen (secondary N) is 2.